The Kier molecular flexibility index (Phi) is 7.74. The van der Waals surface area contributed by atoms with Crippen LogP contribution in [0.15, 0.2) is 11.8 Å². The Bertz CT molecular complexity index is 362. The maximum Gasteiger partial charge on any atom is 0.263 e. The fourth-order valence-electron chi connectivity index (χ4n) is 2.24. The summed E-state index contributed by atoms with van der Waals surface area (Å²) in [4.78, 5) is 14.0. The molecule has 0 saturated carbocycles. The molecule has 0 bridgehead atoms. The molecule has 5 nitrogen and oxygen atoms in total. The molecule has 0 spiro atoms. The van der Waals surface area contributed by atoms with E-state index in [0.29, 0.717) is 6.54 Å². The number of nitrogens with one attached hydrogen (secondary N) is 1. The summed E-state index contributed by atoms with van der Waals surface area (Å²) in [5.41, 5.74) is 0.171. The summed E-state index contributed by atoms with van der Waals surface area (Å²) < 4.78 is 5.45. The number of hydrogen-bond acceptors (Lipinski definition) is 4. The van der Waals surface area contributed by atoms with Crippen molar-refractivity contribution in [2.45, 2.75) is 45.6 Å². The normalized spacial score (nSPS) is 18.6. The summed E-state index contributed by atoms with van der Waals surface area (Å²) in [6.07, 6.45) is 5.78. The number of nitriles is 1. The molecule has 0 aromatic heterocycles. The van der Waals surface area contributed by atoms with E-state index in [1.54, 1.807) is 6.20 Å². The van der Waals surface area contributed by atoms with Crippen LogP contribution in [0.3, 0.4) is 0 Å². The number of amides is 1. The van der Waals surface area contributed by atoms with Gasteiger partial charge in [-0.2, -0.15) is 5.26 Å². The van der Waals surface area contributed by atoms with Gasteiger partial charge in [-0.3, -0.25) is 4.79 Å². The molecule has 1 atom stereocenters. The van der Waals surface area contributed by atoms with Crippen molar-refractivity contribution < 1.29 is 9.53 Å². The van der Waals surface area contributed by atoms with Crippen molar-refractivity contribution in [3.63, 3.8) is 0 Å². The van der Waals surface area contributed by atoms with Crippen LogP contribution in [0.2, 0.25) is 0 Å². The van der Waals surface area contributed by atoms with Crippen LogP contribution in [0.1, 0.15) is 39.5 Å². The van der Waals surface area contributed by atoms with E-state index in [0.717, 1.165) is 45.4 Å². The van der Waals surface area contributed by atoms with Gasteiger partial charge in [-0.15, -0.1) is 0 Å². The minimum atomic E-state index is -0.305. The van der Waals surface area contributed by atoms with Crippen LogP contribution in [-0.4, -0.2) is 43.2 Å². The Morgan fingerprint density at radius 1 is 1.45 bits per heavy atom. The summed E-state index contributed by atoms with van der Waals surface area (Å²) in [6.45, 7) is 7.14. The van der Waals surface area contributed by atoms with Crippen molar-refractivity contribution >= 4 is 5.91 Å². The van der Waals surface area contributed by atoms with Crippen molar-refractivity contribution in [2.75, 3.05) is 26.2 Å². The number of ether oxygens (including phenoxy) is 1. The van der Waals surface area contributed by atoms with E-state index in [1.807, 2.05) is 11.0 Å². The van der Waals surface area contributed by atoms with Gasteiger partial charge >= 0.3 is 0 Å². The zero-order valence-corrected chi connectivity index (χ0v) is 12.5. The largest absolute Gasteiger partial charge is 0.376 e. The van der Waals surface area contributed by atoms with Gasteiger partial charge in [-0.25, -0.2) is 0 Å². The predicted molar refractivity (Wildman–Crippen MR) is 77.8 cm³/mol. The molecule has 1 unspecified atom stereocenters. The van der Waals surface area contributed by atoms with Crippen molar-refractivity contribution in [1.82, 2.24) is 10.2 Å². The molecule has 112 valence electrons. The van der Waals surface area contributed by atoms with Crippen molar-refractivity contribution in [1.29, 1.82) is 5.26 Å². The van der Waals surface area contributed by atoms with Gasteiger partial charge < -0.3 is 15.0 Å². The lowest BCUT2D eigenvalue weighted by atomic mass is 10.2. The number of carbonyl (C=O) groups excluding carboxylic acids is 1. The molecule has 1 heterocycles. The van der Waals surface area contributed by atoms with E-state index in [2.05, 4.69) is 19.2 Å². The number of nitrogens with zero attached hydrogens (tertiary/aromatic N) is 2. The monoisotopic (exact) mass is 279 g/mol. The second-order valence-electron chi connectivity index (χ2n) is 5.04. The van der Waals surface area contributed by atoms with Gasteiger partial charge in [0.15, 0.2) is 0 Å². The lowest BCUT2D eigenvalue weighted by Gasteiger charge is -2.19. The SMILES string of the molecule is CCCN(/C=C(/C#N)C(=O)NCC1CCCO1)CCC. The van der Waals surface area contributed by atoms with Gasteiger partial charge in [-0.1, -0.05) is 13.8 Å². The zero-order chi connectivity index (χ0) is 14.8. The Hall–Kier alpha value is -1.54. The minimum Gasteiger partial charge on any atom is -0.376 e. The fourth-order valence-corrected chi connectivity index (χ4v) is 2.24. The van der Waals surface area contributed by atoms with Crippen molar-refractivity contribution in [3.8, 4) is 6.07 Å². The quantitative estimate of drug-likeness (QED) is 0.543. The molecule has 5 heteroatoms. The number of hydrogen-bond donors (Lipinski definition) is 1. The van der Waals surface area contributed by atoms with Crippen molar-refractivity contribution in [3.05, 3.63) is 11.8 Å². The van der Waals surface area contributed by atoms with Gasteiger partial charge in [0, 0.05) is 32.4 Å². The average molecular weight is 279 g/mol. The topological polar surface area (TPSA) is 65.4 Å². The smallest absolute Gasteiger partial charge is 0.263 e. The van der Waals surface area contributed by atoms with Gasteiger partial charge in [0.1, 0.15) is 11.6 Å². The maximum absolute atomic E-state index is 12.0. The highest BCUT2D eigenvalue weighted by molar-refractivity contribution is 5.97. The molecular weight excluding hydrogens is 254 g/mol. The standard InChI is InChI=1S/C15H25N3O2/c1-3-7-18(8-4-2)12-13(10-16)15(19)17-11-14-6-5-9-20-14/h12,14H,3-9,11H2,1-2H3,(H,17,19)/b13-12-. The molecule has 0 radical (unpaired) electrons. The Morgan fingerprint density at radius 3 is 2.65 bits per heavy atom. The molecule has 0 aromatic carbocycles. The summed E-state index contributed by atoms with van der Waals surface area (Å²) >= 11 is 0. The first kappa shape index (κ1) is 16.5. The second-order valence-corrected chi connectivity index (χ2v) is 5.04. The van der Waals surface area contributed by atoms with E-state index >= 15 is 0 Å². The third-order valence-corrected chi connectivity index (χ3v) is 3.21. The Morgan fingerprint density at radius 2 is 2.15 bits per heavy atom. The summed E-state index contributed by atoms with van der Waals surface area (Å²) in [5.74, 6) is -0.305. The van der Waals surface area contributed by atoms with Crippen LogP contribution < -0.4 is 5.32 Å². The molecule has 1 aliphatic heterocycles. The first-order valence-electron chi connectivity index (χ1n) is 7.47. The van der Waals surface area contributed by atoms with E-state index in [-0.39, 0.29) is 17.6 Å². The van der Waals surface area contributed by atoms with Crippen LogP contribution in [0.5, 0.6) is 0 Å². The zero-order valence-electron chi connectivity index (χ0n) is 12.5. The fraction of sp³-hybridized carbons (Fsp3) is 0.733. The predicted octanol–water partition coefficient (Wildman–Crippen LogP) is 1.81. The van der Waals surface area contributed by atoms with E-state index in [1.165, 1.54) is 0 Å². The average Bonchev–Trinajstić information content (AvgIpc) is 2.95. The summed E-state index contributed by atoms with van der Waals surface area (Å²) in [7, 11) is 0. The van der Waals surface area contributed by atoms with E-state index < -0.39 is 0 Å². The highest BCUT2D eigenvalue weighted by Crippen LogP contribution is 2.10. The first-order valence-corrected chi connectivity index (χ1v) is 7.47. The minimum absolute atomic E-state index is 0.0984. The third-order valence-electron chi connectivity index (χ3n) is 3.21. The Balaban J connectivity index is 2.53. The first-order chi connectivity index (χ1) is 9.71. The van der Waals surface area contributed by atoms with E-state index in [4.69, 9.17) is 10.00 Å². The van der Waals surface area contributed by atoms with Gasteiger partial charge in [0.2, 0.25) is 0 Å². The van der Waals surface area contributed by atoms with Crippen LogP contribution in [0.25, 0.3) is 0 Å². The molecule has 0 aliphatic carbocycles. The van der Waals surface area contributed by atoms with Gasteiger partial charge in [-0.05, 0) is 25.7 Å². The van der Waals surface area contributed by atoms with Crippen molar-refractivity contribution in [2.24, 2.45) is 0 Å². The van der Waals surface area contributed by atoms with Crippen LogP contribution in [-0.2, 0) is 9.53 Å². The van der Waals surface area contributed by atoms with E-state index in [9.17, 15) is 4.79 Å². The lowest BCUT2D eigenvalue weighted by Crippen LogP contribution is -2.33. The molecule has 1 amide bonds. The highest BCUT2D eigenvalue weighted by Gasteiger charge is 2.17. The van der Waals surface area contributed by atoms with Gasteiger partial charge in [0.25, 0.3) is 5.91 Å². The Labute approximate surface area is 121 Å². The molecule has 1 rings (SSSR count). The third kappa shape index (κ3) is 5.62. The molecule has 1 saturated heterocycles. The van der Waals surface area contributed by atoms with Gasteiger partial charge in [0.05, 0.1) is 6.10 Å². The summed E-state index contributed by atoms with van der Waals surface area (Å²) in [5, 5.41) is 11.9. The lowest BCUT2D eigenvalue weighted by molar-refractivity contribution is -0.117. The molecule has 1 N–H and O–H groups in total. The number of carbonyl (C=O) groups is 1. The number of rotatable bonds is 8. The molecule has 1 fully saturated rings. The van der Waals surface area contributed by atoms with Crippen LogP contribution >= 0.6 is 0 Å². The van der Waals surface area contributed by atoms with Crippen LogP contribution in [0, 0.1) is 11.3 Å². The molecule has 0 aromatic rings. The maximum atomic E-state index is 12.0. The molecule has 20 heavy (non-hydrogen) atoms. The molecule has 1 aliphatic rings. The highest BCUT2D eigenvalue weighted by atomic mass is 16.5. The second kappa shape index (κ2) is 9.38. The summed E-state index contributed by atoms with van der Waals surface area (Å²) in [6, 6.07) is 1.99. The molecular formula is C15H25N3O2. The van der Waals surface area contributed by atoms with Crippen LogP contribution in [0.4, 0.5) is 0 Å².